The standard InChI is InChI=1S/C16H26F3N2O5S/c1-6-21(14(24)26-15(2,3)4)13(20-5)27-11-7-9(22)12(23)10(25-11)8-16(17,18)19/h9-12,22-23H,5-8H2,1-4H3/q+1/t9-,10-,11-,12+/m1/s1. The molecule has 0 spiro atoms. The molecule has 0 aromatic heterocycles. The Bertz CT molecular complexity index is 575. The van der Waals surface area contributed by atoms with Crippen LogP contribution in [0.25, 0.3) is 0 Å². The van der Waals surface area contributed by atoms with Crippen LogP contribution in [0.2, 0.25) is 0 Å². The lowest BCUT2D eigenvalue weighted by Gasteiger charge is -2.36. The lowest BCUT2D eigenvalue weighted by Crippen LogP contribution is -2.50. The first kappa shape index (κ1) is 23.8. The van der Waals surface area contributed by atoms with E-state index in [1.54, 1.807) is 27.7 Å². The monoisotopic (exact) mass is 415 g/mol. The average Bonchev–Trinajstić information content (AvgIpc) is 2.48. The molecular formula is C16H26F3N2O5S+. The number of hydrogen-bond acceptors (Lipinski definition) is 6. The molecule has 1 heterocycles. The fourth-order valence-electron chi connectivity index (χ4n) is 2.35. The third kappa shape index (κ3) is 7.71. The van der Waals surface area contributed by atoms with Crippen LogP contribution in [-0.2, 0) is 9.47 Å². The van der Waals surface area contributed by atoms with Gasteiger partial charge in [0.25, 0.3) is 0 Å². The van der Waals surface area contributed by atoms with Gasteiger partial charge >= 0.3 is 17.4 Å². The van der Waals surface area contributed by atoms with Crippen molar-refractivity contribution in [2.24, 2.45) is 0 Å². The Morgan fingerprint density at radius 3 is 2.41 bits per heavy atom. The van der Waals surface area contributed by atoms with E-state index in [1.807, 2.05) is 0 Å². The Kier molecular flexibility index (Phi) is 8.18. The molecule has 0 bridgehead atoms. The molecule has 1 saturated heterocycles. The molecule has 0 aliphatic carbocycles. The molecule has 156 valence electrons. The quantitative estimate of drug-likeness (QED) is 0.415. The number of alkyl halides is 3. The molecular weight excluding hydrogens is 389 g/mol. The second-order valence-corrected chi connectivity index (χ2v) is 8.13. The number of aliphatic hydroxyl groups is 2. The first-order valence-electron chi connectivity index (χ1n) is 8.36. The molecule has 1 fully saturated rings. The highest BCUT2D eigenvalue weighted by atomic mass is 32.2. The molecule has 0 aromatic rings. The van der Waals surface area contributed by atoms with Gasteiger partial charge in [0, 0.05) is 18.2 Å². The van der Waals surface area contributed by atoms with Crippen LogP contribution in [0.4, 0.5) is 18.0 Å². The van der Waals surface area contributed by atoms with Crippen LogP contribution in [-0.4, -0.2) is 75.2 Å². The van der Waals surface area contributed by atoms with Crippen molar-refractivity contribution in [2.75, 3.05) is 6.54 Å². The zero-order chi connectivity index (χ0) is 21.0. The summed E-state index contributed by atoms with van der Waals surface area (Å²) < 4.78 is 52.3. The van der Waals surface area contributed by atoms with Crippen LogP contribution in [0.15, 0.2) is 0 Å². The van der Waals surface area contributed by atoms with Gasteiger partial charge in [-0.15, -0.1) is 4.90 Å². The van der Waals surface area contributed by atoms with E-state index < -0.39 is 48.0 Å². The van der Waals surface area contributed by atoms with Gasteiger partial charge in [0.2, 0.25) is 0 Å². The third-order valence-corrected chi connectivity index (χ3v) is 4.63. The van der Waals surface area contributed by atoms with Gasteiger partial charge in [-0.05, 0) is 27.7 Å². The number of carbonyl (C=O) groups excluding carboxylic acids is 1. The summed E-state index contributed by atoms with van der Waals surface area (Å²) >= 11 is 0.840. The van der Waals surface area contributed by atoms with Gasteiger partial charge in [-0.1, -0.05) is 0 Å². The Hall–Kier alpha value is -1.26. The van der Waals surface area contributed by atoms with E-state index in [2.05, 4.69) is 11.4 Å². The number of aliphatic hydroxyl groups excluding tert-OH is 2. The molecule has 4 atom stereocenters. The average molecular weight is 415 g/mol. The fraction of sp³-hybridized carbons (Fsp3) is 0.812. The van der Waals surface area contributed by atoms with Gasteiger partial charge < -0.3 is 19.7 Å². The number of halogens is 3. The Morgan fingerprint density at radius 1 is 1.37 bits per heavy atom. The highest BCUT2D eigenvalue weighted by Gasteiger charge is 2.45. The molecule has 1 aliphatic rings. The van der Waals surface area contributed by atoms with Crippen LogP contribution >= 0.6 is 11.8 Å². The smallest absolute Gasteiger partial charge is 0.425 e. The summed E-state index contributed by atoms with van der Waals surface area (Å²) in [6, 6.07) is 0. The van der Waals surface area contributed by atoms with Gasteiger partial charge in [0.05, 0.1) is 25.2 Å². The van der Waals surface area contributed by atoms with Gasteiger partial charge in [0.1, 0.15) is 17.1 Å². The molecule has 0 saturated carbocycles. The predicted molar refractivity (Wildman–Crippen MR) is 96.4 cm³/mol. The molecule has 1 aliphatic heterocycles. The number of ether oxygens (including phenoxy) is 2. The summed E-state index contributed by atoms with van der Waals surface area (Å²) in [5, 5.41) is 19.7. The molecule has 0 radical (unpaired) electrons. The minimum atomic E-state index is -4.56. The van der Waals surface area contributed by atoms with Gasteiger partial charge in [-0.25, -0.2) is 4.67 Å². The Balaban J connectivity index is 2.89. The number of hydrogen-bond donors (Lipinski definition) is 2. The maximum Gasteiger partial charge on any atom is 0.509 e. The van der Waals surface area contributed by atoms with Crippen molar-refractivity contribution >= 4 is 29.7 Å². The van der Waals surface area contributed by atoms with Crippen molar-refractivity contribution in [3.63, 3.8) is 0 Å². The van der Waals surface area contributed by atoms with Gasteiger partial charge in [-0.2, -0.15) is 18.0 Å². The van der Waals surface area contributed by atoms with Crippen molar-refractivity contribution in [3.05, 3.63) is 0 Å². The van der Waals surface area contributed by atoms with Crippen LogP contribution in [0.3, 0.4) is 0 Å². The Labute approximate surface area is 160 Å². The van der Waals surface area contributed by atoms with Crippen molar-refractivity contribution in [3.8, 4) is 0 Å². The topological polar surface area (TPSA) is 93.3 Å². The molecule has 27 heavy (non-hydrogen) atoms. The number of rotatable bonds is 3. The highest BCUT2D eigenvalue weighted by Crippen LogP contribution is 2.34. The molecule has 7 nitrogen and oxygen atoms in total. The predicted octanol–water partition coefficient (Wildman–Crippen LogP) is 1.89. The third-order valence-electron chi connectivity index (χ3n) is 3.50. The maximum absolute atomic E-state index is 12.7. The molecule has 1 rings (SSSR count). The van der Waals surface area contributed by atoms with E-state index in [0.29, 0.717) is 0 Å². The van der Waals surface area contributed by atoms with Crippen molar-refractivity contribution in [2.45, 2.75) is 76.1 Å². The Morgan fingerprint density at radius 2 is 1.96 bits per heavy atom. The normalized spacial score (nSPS) is 26.3. The SMILES string of the molecule is C=[N+]=C(S[C@@H]1C[C@@H](O)[C@H](O)[C@@H](CC(F)(F)F)O1)N(CC)C(=O)OC(C)(C)C. The first-order valence-corrected chi connectivity index (χ1v) is 9.24. The summed E-state index contributed by atoms with van der Waals surface area (Å²) in [5.41, 5.74) is -1.70. The molecule has 0 unspecified atom stereocenters. The first-order chi connectivity index (χ1) is 12.3. The summed E-state index contributed by atoms with van der Waals surface area (Å²) in [7, 11) is 0. The van der Waals surface area contributed by atoms with E-state index in [0.717, 1.165) is 11.8 Å². The number of carbonyl (C=O) groups is 1. The van der Waals surface area contributed by atoms with Gasteiger partial charge in [0.15, 0.2) is 6.72 Å². The maximum atomic E-state index is 12.7. The van der Waals surface area contributed by atoms with Crippen LogP contribution in [0.5, 0.6) is 0 Å². The molecule has 0 aromatic carbocycles. The minimum absolute atomic E-state index is 0.0751. The van der Waals surface area contributed by atoms with E-state index in [-0.39, 0.29) is 18.1 Å². The fourth-order valence-corrected chi connectivity index (χ4v) is 3.48. The lowest BCUT2D eigenvalue weighted by atomic mass is 10.00. The van der Waals surface area contributed by atoms with Crippen molar-refractivity contribution < 1.29 is 37.7 Å². The summed E-state index contributed by atoms with van der Waals surface area (Å²) in [4.78, 5) is 13.5. The van der Waals surface area contributed by atoms with E-state index >= 15 is 0 Å². The molecule has 11 heteroatoms. The van der Waals surface area contributed by atoms with E-state index in [1.165, 1.54) is 4.90 Å². The highest BCUT2D eigenvalue weighted by molar-refractivity contribution is 8.14. The second kappa shape index (κ2) is 9.29. The second-order valence-electron chi connectivity index (χ2n) is 7.00. The zero-order valence-corrected chi connectivity index (χ0v) is 16.5. The van der Waals surface area contributed by atoms with E-state index in [4.69, 9.17) is 9.47 Å². The van der Waals surface area contributed by atoms with E-state index in [9.17, 15) is 28.2 Å². The largest absolute Gasteiger partial charge is 0.509 e. The van der Waals surface area contributed by atoms with Crippen LogP contribution in [0, 0.1) is 0 Å². The van der Waals surface area contributed by atoms with Crippen LogP contribution < -0.4 is 4.67 Å². The summed E-state index contributed by atoms with van der Waals surface area (Å²) in [6.07, 6.45) is -11.5. The zero-order valence-electron chi connectivity index (χ0n) is 15.7. The van der Waals surface area contributed by atoms with Crippen LogP contribution in [0.1, 0.15) is 40.5 Å². The van der Waals surface area contributed by atoms with Gasteiger partial charge in [-0.3, -0.25) is 0 Å². The summed E-state index contributed by atoms with van der Waals surface area (Å²) in [5.74, 6) is 0. The molecule has 2 N–H and O–H groups in total. The molecule has 1 amide bonds. The summed E-state index contributed by atoms with van der Waals surface area (Å²) in [6.45, 7) is 10.3. The number of amidine groups is 1. The van der Waals surface area contributed by atoms with Crippen molar-refractivity contribution in [1.82, 2.24) is 9.57 Å². The minimum Gasteiger partial charge on any atom is -0.425 e. The number of nitrogens with zero attached hydrogens (tertiary/aromatic N) is 2. The van der Waals surface area contributed by atoms with Crippen molar-refractivity contribution in [1.29, 1.82) is 0 Å². The number of thioether (sulfide) groups is 1. The lowest BCUT2D eigenvalue weighted by molar-refractivity contribution is -0.206. The number of amides is 1.